The number of ether oxygens (including phenoxy) is 1. The monoisotopic (exact) mass is 321 g/mol. The van der Waals surface area contributed by atoms with E-state index in [1.54, 1.807) is 19.4 Å². The molecule has 0 aliphatic rings. The average Bonchev–Trinajstić information content (AvgIpc) is 3.04. The molecule has 0 radical (unpaired) electrons. The maximum absolute atomic E-state index is 11.7. The Bertz CT molecular complexity index is 923. The summed E-state index contributed by atoms with van der Waals surface area (Å²) in [4.78, 5) is 16.0. The summed E-state index contributed by atoms with van der Waals surface area (Å²) in [6.07, 6.45) is 3.28. The van der Waals surface area contributed by atoms with Crippen molar-refractivity contribution in [2.24, 2.45) is 7.05 Å². The molecule has 24 heavy (non-hydrogen) atoms. The van der Waals surface area contributed by atoms with Crippen LogP contribution in [0.2, 0.25) is 0 Å². The van der Waals surface area contributed by atoms with E-state index >= 15 is 0 Å². The smallest absolute Gasteiger partial charge is 0.274 e. The van der Waals surface area contributed by atoms with Gasteiger partial charge in [-0.1, -0.05) is 23.1 Å². The van der Waals surface area contributed by atoms with E-state index in [2.05, 4.69) is 32.5 Å². The van der Waals surface area contributed by atoms with Gasteiger partial charge in [0.15, 0.2) is 5.69 Å². The number of benzene rings is 1. The van der Waals surface area contributed by atoms with Crippen molar-refractivity contribution in [1.29, 1.82) is 0 Å². The number of carbonyl (C=O) groups is 1. The van der Waals surface area contributed by atoms with Gasteiger partial charge in [-0.25, -0.2) is 0 Å². The van der Waals surface area contributed by atoms with Gasteiger partial charge in [-0.15, -0.1) is 5.10 Å². The fraction of sp³-hybridized carbons (Fsp3) is 0.176. The van der Waals surface area contributed by atoms with E-state index in [1.165, 1.54) is 4.68 Å². The second-order valence-electron chi connectivity index (χ2n) is 4.96. The van der Waals surface area contributed by atoms with Crippen LogP contribution >= 0.6 is 0 Å². The lowest BCUT2D eigenvalue weighted by Gasteiger charge is -2.03. The van der Waals surface area contributed by atoms with Crippen molar-refractivity contribution < 1.29 is 9.53 Å². The van der Waals surface area contributed by atoms with Gasteiger partial charge in [0, 0.05) is 24.7 Å². The van der Waals surface area contributed by atoms with Gasteiger partial charge in [0.2, 0.25) is 0 Å². The topological polar surface area (TPSA) is 81.9 Å². The standard InChI is InChI=1S/C17H15N5O2/c1-22-12-16(20-21-22)17(23)19-8-2-3-10-24-14-7-6-13-5-4-9-18-15(13)11-14/h4-7,9,11-12H,8,10H2,1H3,(H,19,23). The molecule has 3 aromatic rings. The summed E-state index contributed by atoms with van der Waals surface area (Å²) in [6.45, 7) is 0.456. The van der Waals surface area contributed by atoms with E-state index in [0.717, 1.165) is 10.9 Å². The number of amides is 1. The number of nitrogens with one attached hydrogen (secondary N) is 1. The maximum atomic E-state index is 11.7. The molecule has 7 nitrogen and oxygen atoms in total. The van der Waals surface area contributed by atoms with Crippen molar-refractivity contribution in [3.63, 3.8) is 0 Å². The molecule has 7 heteroatoms. The second-order valence-corrected chi connectivity index (χ2v) is 4.96. The van der Waals surface area contributed by atoms with Gasteiger partial charge >= 0.3 is 0 Å². The third-order valence-electron chi connectivity index (χ3n) is 3.19. The SMILES string of the molecule is Cn1cc(C(=O)NCC#CCOc2ccc3cccnc3c2)nn1. The molecule has 0 unspecified atom stereocenters. The van der Waals surface area contributed by atoms with Crippen LogP contribution in [0.15, 0.2) is 42.7 Å². The van der Waals surface area contributed by atoms with Crippen LogP contribution in [-0.2, 0) is 7.05 Å². The molecule has 0 saturated carbocycles. The Morgan fingerprint density at radius 3 is 3.08 bits per heavy atom. The quantitative estimate of drug-likeness (QED) is 0.730. The first-order chi connectivity index (χ1) is 11.7. The summed E-state index contributed by atoms with van der Waals surface area (Å²) in [6, 6.07) is 9.58. The van der Waals surface area contributed by atoms with Crippen LogP contribution < -0.4 is 10.1 Å². The Balaban J connectivity index is 1.46. The number of fused-ring (bicyclic) bond motifs is 1. The average molecular weight is 321 g/mol. The number of rotatable bonds is 4. The maximum Gasteiger partial charge on any atom is 0.274 e. The number of pyridine rings is 1. The highest BCUT2D eigenvalue weighted by atomic mass is 16.5. The first kappa shape index (κ1) is 15.5. The summed E-state index contributed by atoms with van der Waals surface area (Å²) in [5.41, 5.74) is 1.14. The minimum atomic E-state index is -0.307. The van der Waals surface area contributed by atoms with Gasteiger partial charge in [-0.05, 0) is 18.2 Å². The Hall–Kier alpha value is -3.40. The highest BCUT2D eigenvalue weighted by molar-refractivity contribution is 5.91. The van der Waals surface area contributed by atoms with Crippen molar-refractivity contribution in [2.45, 2.75) is 0 Å². The van der Waals surface area contributed by atoms with Crippen molar-refractivity contribution in [3.05, 3.63) is 48.4 Å². The molecular formula is C17H15N5O2. The van der Waals surface area contributed by atoms with Crippen LogP contribution in [0, 0.1) is 11.8 Å². The Labute approximate surface area is 138 Å². The zero-order valence-electron chi connectivity index (χ0n) is 13.1. The molecule has 2 aromatic heterocycles. The largest absolute Gasteiger partial charge is 0.481 e. The van der Waals surface area contributed by atoms with E-state index in [0.29, 0.717) is 5.75 Å². The lowest BCUT2D eigenvalue weighted by atomic mass is 10.2. The number of hydrogen-bond donors (Lipinski definition) is 1. The van der Waals surface area contributed by atoms with E-state index in [4.69, 9.17) is 4.74 Å². The predicted molar refractivity (Wildman–Crippen MR) is 88.4 cm³/mol. The summed E-state index contributed by atoms with van der Waals surface area (Å²) in [5.74, 6) is 6.07. The van der Waals surface area contributed by atoms with Crippen LogP contribution in [0.4, 0.5) is 0 Å². The van der Waals surface area contributed by atoms with E-state index < -0.39 is 0 Å². The number of nitrogens with zero attached hydrogens (tertiary/aromatic N) is 4. The van der Waals surface area contributed by atoms with Crippen LogP contribution in [0.1, 0.15) is 10.5 Å². The molecule has 0 saturated heterocycles. The summed E-state index contributed by atoms with van der Waals surface area (Å²) < 4.78 is 7.02. The first-order valence-corrected chi connectivity index (χ1v) is 7.30. The normalized spacial score (nSPS) is 10.0. The molecule has 0 bridgehead atoms. The summed E-state index contributed by atoms with van der Waals surface area (Å²) >= 11 is 0. The minimum absolute atomic E-state index is 0.220. The van der Waals surface area contributed by atoms with E-state index in [9.17, 15) is 4.79 Å². The van der Waals surface area contributed by atoms with Crippen LogP contribution in [-0.4, -0.2) is 39.0 Å². The number of aromatic nitrogens is 4. The molecule has 1 N–H and O–H groups in total. The van der Waals surface area contributed by atoms with Gasteiger partial charge in [-0.2, -0.15) is 0 Å². The van der Waals surface area contributed by atoms with Gasteiger partial charge in [0.25, 0.3) is 5.91 Å². The molecule has 0 aliphatic heterocycles. The predicted octanol–water partition coefficient (Wildman–Crippen LogP) is 1.18. The Kier molecular flexibility index (Phi) is 4.68. The molecule has 120 valence electrons. The Morgan fingerprint density at radius 1 is 1.33 bits per heavy atom. The van der Waals surface area contributed by atoms with Crippen molar-refractivity contribution in [3.8, 4) is 17.6 Å². The van der Waals surface area contributed by atoms with Crippen molar-refractivity contribution >= 4 is 16.8 Å². The third kappa shape index (κ3) is 3.87. The number of carbonyl (C=O) groups excluding carboxylic acids is 1. The molecule has 0 aliphatic carbocycles. The zero-order valence-corrected chi connectivity index (χ0v) is 13.1. The van der Waals surface area contributed by atoms with E-state index in [-0.39, 0.29) is 24.8 Å². The van der Waals surface area contributed by atoms with E-state index in [1.807, 2.05) is 30.3 Å². The second kappa shape index (κ2) is 7.24. The van der Waals surface area contributed by atoms with Gasteiger partial charge in [-0.3, -0.25) is 14.5 Å². The zero-order chi connectivity index (χ0) is 16.8. The van der Waals surface area contributed by atoms with Crippen LogP contribution in [0.3, 0.4) is 0 Å². The molecular weight excluding hydrogens is 306 g/mol. The number of hydrogen-bond acceptors (Lipinski definition) is 5. The van der Waals surface area contributed by atoms with Crippen molar-refractivity contribution in [2.75, 3.05) is 13.2 Å². The van der Waals surface area contributed by atoms with Crippen LogP contribution in [0.25, 0.3) is 10.9 Å². The molecule has 0 fully saturated rings. The first-order valence-electron chi connectivity index (χ1n) is 7.30. The van der Waals surface area contributed by atoms with Crippen molar-refractivity contribution in [1.82, 2.24) is 25.3 Å². The Morgan fingerprint density at radius 2 is 2.25 bits per heavy atom. The summed E-state index contributed by atoms with van der Waals surface area (Å²) in [5, 5.41) is 11.1. The minimum Gasteiger partial charge on any atom is -0.481 e. The van der Waals surface area contributed by atoms with Gasteiger partial charge in [0.1, 0.15) is 12.4 Å². The summed E-state index contributed by atoms with van der Waals surface area (Å²) in [7, 11) is 1.70. The molecule has 3 rings (SSSR count). The molecule has 0 spiro atoms. The third-order valence-corrected chi connectivity index (χ3v) is 3.19. The lowest BCUT2D eigenvalue weighted by molar-refractivity contribution is 0.0953. The van der Waals surface area contributed by atoms with Gasteiger partial charge < -0.3 is 10.1 Å². The number of aryl methyl sites for hydroxylation is 1. The molecule has 1 aromatic carbocycles. The fourth-order valence-electron chi connectivity index (χ4n) is 2.04. The lowest BCUT2D eigenvalue weighted by Crippen LogP contribution is -2.24. The highest BCUT2D eigenvalue weighted by Crippen LogP contribution is 2.18. The fourth-order valence-corrected chi connectivity index (χ4v) is 2.04. The highest BCUT2D eigenvalue weighted by Gasteiger charge is 2.07. The molecule has 1 amide bonds. The molecule has 2 heterocycles. The van der Waals surface area contributed by atoms with Crippen LogP contribution in [0.5, 0.6) is 5.75 Å². The van der Waals surface area contributed by atoms with Gasteiger partial charge in [0.05, 0.1) is 18.3 Å². The molecule has 0 atom stereocenters.